The van der Waals surface area contributed by atoms with Crippen molar-refractivity contribution in [2.24, 2.45) is 0 Å². The monoisotopic (exact) mass is 379 g/mol. The van der Waals surface area contributed by atoms with E-state index in [2.05, 4.69) is 24.8 Å². The first-order valence-electron chi connectivity index (χ1n) is 9.08. The second kappa shape index (κ2) is 7.49. The number of aromatic amines is 1. The highest BCUT2D eigenvalue weighted by Crippen LogP contribution is 2.27. The van der Waals surface area contributed by atoms with Gasteiger partial charge in [0.05, 0.1) is 23.6 Å². The Hall–Kier alpha value is -3.10. The summed E-state index contributed by atoms with van der Waals surface area (Å²) in [5.74, 6) is 0.617. The lowest BCUT2D eigenvalue weighted by atomic mass is 10.0. The largest absolute Gasteiger partial charge is 0.506 e. The van der Waals surface area contributed by atoms with Crippen LogP contribution in [0.2, 0.25) is 0 Å². The van der Waals surface area contributed by atoms with E-state index in [9.17, 15) is 15.0 Å². The van der Waals surface area contributed by atoms with Gasteiger partial charge in [-0.05, 0) is 19.1 Å². The number of aromatic nitrogens is 4. The van der Waals surface area contributed by atoms with E-state index in [1.54, 1.807) is 31.6 Å². The van der Waals surface area contributed by atoms with Gasteiger partial charge in [0.25, 0.3) is 5.56 Å². The normalized spacial score (nSPS) is 14.1. The van der Waals surface area contributed by atoms with Crippen molar-refractivity contribution in [3.8, 4) is 17.1 Å². The second-order valence-corrected chi connectivity index (χ2v) is 6.90. The van der Waals surface area contributed by atoms with Crippen molar-refractivity contribution in [3.63, 3.8) is 0 Å². The van der Waals surface area contributed by atoms with Gasteiger partial charge < -0.3 is 15.2 Å². The number of nitrogens with zero attached hydrogens (tertiary/aromatic N) is 4. The van der Waals surface area contributed by atoms with Gasteiger partial charge >= 0.3 is 0 Å². The van der Waals surface area contributed by atoms with Crippen LogP contribution in [0, 0.1) is 6.92 Å². The summed E-state index contributed by atoms with van der Waals surface area (Å²) in [4.78, 5) is 30.4. The number of aromatic hydroxyl groups is 1. The van der Waals surface area contributed by atoms with E-state index in [1.807, 2.05) is 6.07 Å². The highest BCUT2D eigenvalue weighted by Gasteiger charge is 2.23. The Labute approximate surface area is 161 Å². The van der Waals surface area contributed by atoms with Crippen molar-refractivity contribution in [2.75, 3.05) is 6.54 Å². The minimum Gasteiger partial charge on any atom is -0.506 e. The van der Waals surface area contributed by atoms with E-state index in [0.717, 1.165) is 11.3 Å². The zero-order valence-corrected chi connectivity index (χ0v) is 15.5. The van der Waals surface area contributed by atoms with E-state index >= 15 is 0 Å². The number of pyridine rings is 2. The standard InChI is InChI=1S/C20H21N5O3/c1-12-18(27)15(14(11-26)8-22-12)9-25-6-4-17-16(10-25)20(28)24-19(23-17)13-3-2-5-21-7-13/h2-3,5,7-8,26-27H,4,6,9-11H2,1H3,(H,23,24,28). The van der Waals surface area contributed by atoms with E-state index in [1.165, 1.54) is 0 Å². The molecule has 0 fully saturated rings. The van der Waals surface area contributed by atoms with Crippen molar-refractivity contribution >= 4 is 0 Å². The van der Waals surface area contributed by atoms with Gasteiger partial charge in [0, 0.05) is 61.3 Å². The first kappa shape index (κ1) is 18.3. The molecule has 8 heteroatoms. The molecular formula is C20H21N5O3. The maximum Gasteiger partial charge on any atom is 0.255 e. The molecule has 3 N–H and O–H groups in total. The molecule has 0 aliphatic carbocycles. The van der Waals surface area contributed by atoms with Crippen molar-refractivity contribution in [1.29, 1.82) is 0 Å². The van der Waals surface area contributed by atoms with Crippen LogP contribution in [0.3, 0.4) is 0 Å². The molecule has 144 valence electrons. The van der Waals surface area contributed by atoms with Crippen LogP contribution in [-0.2, 0) is 26.1 Å². The second-order valence-electron chi connectivity index (χ2n) is 6.90. The van der Waals surface area contributed by atoms with Gasteiger partial charge in [-0.15, -0.1) is 0 Å². The Balaban J connectivity index is 1.61. The van der Waals surface area contributed by atoms with E-state index in [-0.39, 0.29) is 17.9 Å². The van der Waals surface area contributed by atoms with Crippen molar-refractivity contribution in [3.05, 3.63) is 69.2 Å². The van der Waals surface area contributed by atoms with Gasteiger partial charge in [-0.25, -0.2) is 4.98 Å². The molecule has 4 heterocycles. The fraction of sp³-hybridized carbons (Fsp3) is 0.300. The fourth-order valence-corrected chi connectivity index (χ4v) is 3.48. The van der Waals surface area contributed by atoms with Crippen LogP contribution < -0.4 is 5.56 Å². The molecule has 28 heavy (non-hydrogen) atoms. The highest BCUT2D eigenvalue weighted by atomic mass is 16.3. The molecule has 0 radical (unpaired) electrons. The zero-order valence-electron chi connectivity index (χ0n) is 15.5. The van der Waals surface area contributed by atoms with E-state index in [0.29, 0.717) is 54.3 Å². The van der Waals surface area contributed by atoms with Crippen LogP contribution in [-0.4, -0.2) is 41.6 Å². The third-order valence-corrected chi connectivity index (χ3v) is 5.06. The average Bonchev–Trinajstić information content (AvgIpc) is 2.72. The highest BCUT2D eigenvalue weighted by molar-refractivity contribution is 5.53. The van der Waals surface area contributed by atoms with Crippen LogP contribution in [0.4, 0.5) is 0 Å². The summed E-state index contributed by atoms with van der Waals surface area (Å²) in [7, 11) is 0. The quantitative estimate of drug-likeness (QED) is 0.626. The van der Waals surface area contributed by atoms with Gasteiger partial charge in [-0.3, -0.25) is 19.7 Å². The van der Waals surface area contributed by atoms with Gasteiger partial charge in [0.15, 0.2) is 0 Å². The molecule has 8 nitrogen and oxygen atoms in total. The molecule has 3 aromatic rings. The smallest absolute Gasteiger partial charge is 0.255 e. The number of rotatable bonds is 4. The zero-order chi connectivity index (χ0) is 19.7. The number of H-pyrrole nitrogens is 1. The van der Waals surface area contributed by atoms with Gasteiger partial charge in [-0.1, -0.05) is 0 Å². The molecule has 0 amide bonds. The number of aliphatic hydroxyl groups excluding tert-OH is 1. The number of aliphatic hydroxyl groups is 1. The predicted molar refractivity (Wildman–Crippen MR) is 102 cm³/mol. The lowest BCUT2D eigenvalue weighted by Gasteiger charge is -2.28. The van der Waals surface area contributed by atoms with Crippen molar-refractivity contribution in [1.82, 2.24) is 24.8 Å². The molecule has 0 bridgehead atoms. The first-order chi connectivity index (χ1) is 13.6. The maximum atomic E-state index is 12.7. The van der Waals surface area contributed by atoms with Crippen molar-refractivity contribution in [2.45, 2.75) is 33.0 Å². The number of hydrogen-bond donors (Lipinski definition) is 3. The number of fused-ring (bicyclic) bond motifs is 1. The van der Waals surface area contributed by atoms with Crippen LogP contribution in [0.5, 0.6) is 5.75 Å². The number of hydrogen-bond acceptors (Lipinski definition) is 7. The fourth-order valence-electron chi connectivity index (χ4n) is 3.48. The molecule has 0 aromatic carbocycles. The number of nitrogens with one attached hydrogen (secondary N) is 1. The summed E-state index contributed by atoms with van der Waals surface area (Å²) in [6.07, 6.45) is 5.56. The Bertz CT molecular complexity index is 1070. The van der Waals surface area contributed by atoms with E-state index < -0.39 is 0 Å². The van der Waals surface area contributed by atoms with Gasteiger partial charge in [-0.2, -0.15) is 0 Å². The lowest BCUT2D eigenvalue weighted by molar-refractivity contribution is 0.232. The molecule has 0 saturated heterocycles. The molecule has 1 aliphatic heterocycles. The summed E-state index contributed by atoms with van der Waals surface area (Å²) in [6.45, 7) is 3.07. The Morgan fingerprint density at radius 2 is 2.18 bits per heavy atom. The van der Waals surface area contributed by atoms with Crippen LogP contribution >= 0.6 is 0 Å². The molecule has 0 atom stereocenters. The molecular weight excluding hydrogens is 358 g/mol. The summed E-state index contributed by atoms with van der Waals surface area (Å²) in [6, 6.07) is 3.66. The Kier molecular flexibility index (Phi) is 4.89. The summed E-state index contributed by atoms with van der Waals surface area (Å²) >= 11 is 0. The molecule has 0 spiro atoms. The Morgan fingerprint density at radius 1 is 1.32 bits per heavy atom. The SMILES string of the molecule is Cc1ncc(CO)c(CN2CCc3nc(-c4cccnc4)[nH]c(=O)c3C2)c1O. The van der Waals surface area contributed by atoms with Gasteiger partial charge in [0.1, 0.15) is 11.6 Å². The molecule has 1 aliphatic rings. The average molecular weight is 379 g/mol. The molecule has 0 unspecified atom stereocenters. The van der Waals surface area contributed by atoms with Gasteiger partial charge in [0.2, 0.25) is 0 Å². The summed E-state index contributed by atoms with van der Waals surface area (Å²) in [5.41, 5.74) is 3.79. The van der Waals surface area contributed by atoms with Crippen LogP contribution in [0.15, 0.2) is 35.5 Å². The molecule has 0 saturated carbocycles. The van der Waals surface area contributed by atoms with Crippen LogP contribution in [0.1, 0.15) is 28.1 Å². The first-order valence-corrected chi connectivity index (χ1v) is 9.08. The summed E-state index contributed by atoms with van der Waals surface area (Å²) < 4.78 is 0. The topological polar surface area (TPSA) is 115 Å². The Morgan fingerprint density at radius 3 is 2.93 bits per heavy atom. The predicted octanol–water partition coefficient (Wildman–Crippen LogP) is 1.29. The third kappa shape index (κ3) is 3.39. The maximum absolute atomic E-state index is 12.7. The van der Waals surface area contributed by atoms with E-state index in [4.69, 9.17) is 0 Å². The minimum absolute atomic E-state index is 0.0938. The minimum atomic E-state index is -0.197. The molecule has 3 aromatic heterocycles. The number of aryl methyl sites for hydroxylation is 1. The lowest BCUT2D eigenvalue weighted by Crippen LogP contribution is -2.35. The van der Waals surface area contributed by atoms with Crippen LogP contribution in [0.25, 0.3) is 11.4 Å². The van der Waals surface area contributed by atoms with Crippen molar-refractivity contribution < 1.29 is 10.2 Å². The summed E-state index contributed by atoms with van der Waals surface area (Å²) in [5, 5.41) is 19.9. The molecule has 4 rings (SSSR count). The third-order valence-electron chi connectivity index (χ3n) is 5.06.